The molecule has 0 spiro atoms. The number of aryl methyl sites for hydroxylation is 1. The molecule has 1 heterocycles. The summed E-state index contributed by atoms with van der Waals surface area (Å²) in [6, 6.07) is 9.76. The van der Waals surface area contributed by atoms with Gasteiger partial charge in [-0.2, -0.15) is 0 Å². The van der Waals surface area contributed by atoms with Crippen molar-refractivity contribution in [2.45, 2.75) is 38.6 Å². The van der Waals surface area contributed by atoms with Gasteiger partial charge in [0.2, 0.25) is 0 Å². The van der Waals surface area contributed by atoms with Crippen LogP contribution in [0.5, 0.6) is 0 Å². The summed E-state index contributed by atoms with van der Waals surface area (Å²) in [6.07, 6.45) is 4.66. The minimum atomic E-state index is -1.09. The largest absolute Gasteiger partial charge is 0.478 e. The smallest absolute Gasteiger partial charge is 0.338 e. The SMILES string of the molecule is CCCN(C(=O)c1cc(C(=O)O)co1)C1CCc2ccccc2C1. The molecule has 5 heteroatoms. The molecular weight excluding hydrogens is 306 g/mol. The fourth-order valence-corrected chi connectivity index (χ4v) is 3.34. The number of fused-ring (bicyclic) bond motifs is 1. The van der Waals surface area contributed by atoms with Gasteiger partial charge in [-0.05, 0) is 36.8 Å². The first-order valence-electron chi connectivity index (χ1n) is 8.29. The zero-order valence-corrected chi connectivity index (χ0v) is 13.7. The van der Waals surface area contributed by atoms with Gasteiger partial charge in [0.1, 0.15) is 6.26 Å². The molecule has 0 saturated heterocycles. The number of carboxylic acid groups (broad SMARTS) is 1. The van der Waals surface area contributed by atoms with Crippen LogP contribution in [0.2, 0.25) is 0 Å². The second kappa shape index (κ2) is 6.91. The lowest BCUT2D eigenvalue weighted by Gasteiger charge is -2.34. The van der Waals surface area contributed by atoms with Gasteiger partial charge in [-0.1, -0.05) is 31.2 Å². The van der Waals surface area contributed by atoms with E-state index in [2.05, 4.69) is 12.1 Å². The molecule has 1 aliphatic rings. The first-order valence-corrected chi connectivity index (χ1v) is 8.29. The fraction of sp³-hybridized carbons (Fsp3) is 0.368. The van der Waals surface area contributed by atoms with Gasteiger partial charge in [-0.15, -0.1) is 0 Å². The Hall–Kier alpha value is -2.56. The molecule has 1 aromatic heterocycles. The predicted molar refractivity (Wildman–Crippen MR) is 89.2 cm³/mol. The molecule has 126 valence electrons. The number of rotatable bonds is 5. The summed E-state index contributed by atoms with van der Waals surface area (Å²) >= 11 is 0. The van der Waals surface area contributed by atoms with Crippen LogP contribution in [-0.4, -0.2) is 34.5 Å². The van der Waals surface area contributed by atoms with Gasteiger partial charge in [0, 0.05) is 18.7 Å². The van der Waals surface area contributed by atoms with Crippen molar-refractivity contribution < 1.29 is 19.1 Å². The lowest BCUT2D eigenvalue weighted by molar-refractivity contribution is 0.0628. The predicted octanol–water partition coefficient (Wildman–Crippen LogP) is 3.39. The lowest BCUT2D eigenvalue weighted by atomic mass is 9.87. The number of carboxylic acids is 1. The van der Waals surface area contributed by atoms with Gasteiger partial charge >= 0.3 is 5.97 Å². The van der Waals surface area contributed by atoms with E-state index < -0.39 is 5.97 Å². The van der Waals surface area contributed by atoms with Gasteiger partial charge < -0.3 is 14.4 Å². The van der Waals surface area contributed by atoms with Gasteiger partial charge in [0.25, 0.3) is 5.91 Å². The maximum atomic E-state index is 12.8. The third-order valence-electron chi connectivity index (χ3n) is 4.54. The summed E-state index contributed by atoms with van der Waals surface area (Å²) in [5.74, 6) is -1.22. The maximum Gasteiger partial charge on any atom is 0.338 e. The Morgan fingerprint density at radius 2 is 2.04 bits per heavy atom. The van der Waals surface area contributed by atoms with E-state index in [-0.39, 0.29) is 23.3 Å². The van der Waals surface area contributed by atoms with Gasteiger partial charge in [0.05, 0.1) is 5.56 Å². The molecule has 24 heavy (non-hydrogen) atoms. The summed E-state index contributed by atoms with van der Waals surface area (Å²) < 4.78 is 5.20. The number of nitrogens with zero attached hydrogens (tertiary/aromatic N) is 1. The van der Waals surface area contributed by atoms with E-state index in [0.717, 1.165) is 31.9 Å². The number of carbonyl (C=O) groups excluding carboxylic acids is 1. The number of amides is 1. The fourth-order valence-electron chi connectivity index (χ4n) is 3.34. The number of carbonyl (C=O) groups is 2. The van der Waals surface area contributed by atoms with E-state index in [0.29, 0.717) is 6.54 Å². The summed E-state index contributed by atoms with van der Waals surface area (Å²) in [5, 5.41) is 8.99. The van der Waals surface area contributed by atoms with E-state index >= 15 is 0 Å². The molecule has 1 amide bonds. The van der Waals surface area contributed by atoms with Crippen LogP contribution in [0.4, 0.5) is 0 Å². The van der Waals surface area contributed by atoms with Crippen LogP contribution in [0.3, 0.4) is 0 Å². The number of hydrogen-bond donors (Lipinski definition) is 1. The molecule has 1 aromatic carbocycles. The van der Waals surface area contributed by atoms with Crippen LogP contribution in [0.15, 0.2) is 41.0 Å². The third-order valence-corrected chi connectivity index (χ3v) is 4.54. The first kappa shape index (κ1) is 16.3. The summed E-state index contributed by atoms with van der Waals surface area (Å²) in [7, 11) is 0. The molecule has 0 saturated carbocycles. The normalized spacial score (nSPS) is 16.5. The Labute approximate surface area is 140 Å². The van der Waals surface area contributed by atoms with Crippen molar-refractivity contribution >= 4 is 11.9 Å². The highest BCUT2D eigenvalue weighted by Gasteiger charge is 2.29. The van der Waals surface area contributed by atoms with Crippen molar-refractivity contribution in [2.75, 3.05) is 6.54 Å². The Morgan fingerprint density at radius 3 is 2.71 bits per heavy atom. The standard InChI is InChI=1S/C19H21NO4/c1-2-9-20(18(21)17-11-15(12-24-17)19(22)23)16-8-7-13-5-3-4-6-14(13)10-16/h3-6,11-12,16H,2,7-10H2,1H3,(H,22,23). The number of aromatic carboxylic acids is 1. The average Bonchev–Trinajstić information content (AvgIpc) is 3.09. The van der Waals surface area contributed by atoms with Gasteiger partial charge in [0.15, 0.2) is 5.76 Å². The maximum absolute atomic E-state index is 12.8. The number of hydrogen-bond acceptors (Lipinski definition) is 3. The third kappa shape index (κ3) is 3.20. The zero-order valence-electron chi connectivity index (χ0n) is 13.7. The zero-order chi connectivity index (χ0) is 17.1. The molecule has 0 bridgehead atoms. The molecular formula is C19H21NO4. The summed E-state index contributed by atoms with van der Waals surface area (Å²) in [6.45, 7) is 2.66. The lowest BCUT2D eigenvalue weighted by Crippen LogP contribution is -2.43. The van der Waals surface area contributed by atoms with Crippen molar-refractivity contribution in [2.24, 2.45) is 0 Å². The van der Waals surface area contributed by atoms with Crippen molar-refractivity contribution in [3.05, 3.63) is 59.0 Å². The molecule has 1 N–H and O–H groups in total. The molecule has 3 rings (SSSR count). The Kier molecular flexibility index (Phi) is 4.69. The molecule has 1 aliphatic carbocycles. The monoisotopic (exact) mass is 327 g/mol. The Bertz CT molecular complexity index is 749. The molecule has 5 nitrogen and oxygen atoms in total. The van der Waals surface area contributed by atoms with E-state index in [4.69, 9.17) is 9.52 Å². The first-order chi connectivity index (χ1) is 11.6. The van der Waals surface area contributed by atoms with Crippen LogP contribution in [0, 0.1) is 0 Å². The summed E-state index contributed by atoms with van der Waals surface area (Å²) in [5.41, 5.74) is 2.64. The van der Waals surface area contributed by atoms with Crippen LogP contribution < -0.4 is 0 Å². The van der Waals surface area contributed by atoms with Crippen LogP contribution >= 0.6 is 0 Å². The second-order valence-corrected chi connectivity index (χ2v) is 6.17. The number of benzene rings is 1. The minimum Gasteiger partial charge on any atom is -0.478 e. The quantitative estimate of drug-likeness (QED) is 0.914. The highest BCUT2D eigenvalue weighted by atomic mass is 16.4. The van der Waals surface area contributed by atoms with Crippen molar-refractivity contribution in [1.29, 1.82) is 0 Å². The van der Waals surface area contributed by atoms with E-state index in [1.54, 1.807) is 0 Å². The Balaban J connectivity index is 1.81. The van der Waals surface area contributed by atoms with E-state index in [9.17, 15) is 9.59 Å². The van der Waals surface area contributed by atoms with Crippen LogP contribution in [0.1, 0.15) is 51.8 Å². The van der Waals surface area contributed by atoms with Gasteiger partial charge in [-0.25, -0.2) is 4.79 Å². The molecule has 0 fully saturated rings. The molecule has 0 aliphatic heterocycles. The molecule has 2 aromatic rings. The minimum absolute atomic E-state index is 0.00351. The van der Waals surface area contributed by atoms with E-state index in [1.807, 2.05) is 24.0 Å². The van der Waals surface area contributed by atoms with Crippen molar-refractivity contribution in [3.8, 4) is 0 Å². The molecule has 1 atom stereocenters. The topological polar surface area (TPSA) is 70.8 Å². The van der Waals surface area contributed by atoms with Crippen LogP contribution in [-0.2, 0) is 12.8 Å². The van der Waals surface area contributed by atoms with Crippen molar-refractivity contribution in [1.82, 2.24) is 4.90 Å². The second-order valence-electron chi connectivity index (χ2n) is 6.17. The molecule has 1 unspecified atom stereocenters. The Morgan fingerprint density at radius 1 is 1.29 bits per heavy atom. The van der Waals surface area contributed by atoms with Gasteiger partial charge in [-0.3, -0.25) is 4.79 Å². The van der Waals surface area contributed by atoms with Crippen LogP contribution in [0.25, 0.3) is 0 Å². The average molecular weight is 327 g/mol. The number of furan rings is 1. The molecule has 0 radical (unpaired) electrons. The highest BCUT2D eigenvalue weighted by molar-refractivity contribution is 5.95. The highest BCUT2D eigenvalue weighted by Crippen LogP contribution is 2.26. The van der Waals surface area contributed by atoms with Crippen molar-refractivity contribution in [3.63, 3.8) is 0 Å². The van der Waals surface area contributed by atoms with E-state index in [1.165, 1.54) is 17.2 Å². The summed E-state index contributed by atoms with van der Waals surface area (Å²) in [4.78, 5) is 25.6.